The number of hydrogen-bond acceptors (Lipinski definition) is 4. The summed E-state index contributed by atoms with van der Waals surface area (Å²) in [6.07, 6.45) is 1.05. The van der Waals surface area contributed by atoms with Crippen LogP contribution in [0, 0.1) is 13.8 Å². The van der Waals surface area contributed by atoms with E-state index in [1.54, 1.807) is 18.2 Å². The number of carbonyl (C=O) groups is 1. The van der Waals surface area contributed by atoms with E-state index in [2.05, 4.69) is 5.32 Å². The molecule has 0 saturated carbocycles. The number of nitrogens with zero attached hydrogens (tertiary/aromatic N) is 1. The van der Waals surface area contributed by atoms with Gasteiger partial charge in [-0.2, -0.15) is 0 Å². The molecule has 0 aromatic heterocycles. The lowest BCUT2D eigenvalue weighted by Crippen LogP contribution is -2.41. The number of halogens is 1. The van der Waals surface area contributed by atoms with E-state index < -0.39 is 15.9 Å². The van der Waals surface area contributed by atoms with E-state index in [9.17, 15) is 13.2 Å². The molecule has 27 heavy (non-hydrogen) atoms. The van der Waals surface area contributed by atoms with Gasteiger partial charge in [0.1, 0.15) is 18.9 Å². The summed E-state index contributed by atoms with van der Waals surface area (Å²) < 4.78 is 30.8. The van der Waals surface area contributed by atoms with Gasteiger partial charge in [-0.3, -0.25) is 9.10 Å². The third-order valence-corrected chi connectivity index (χ3v) is 5.18. The van der Waals surface area contributed by atoms with Gasteiger partial charge < -0.3 is 10.1 Å². The van der Waals surface area contributed by atoms with Crippen LogP contribution in [0.3, 0.4) is 0 Å². The number of sulfonamides is 1. The van der Waals surface area contributed by atoms with Crippen LogP contribution in [0.25, 0.3) is 0 Å². The van der Waals surface area contributed by atoms with Crippen LogP contribution in [0.5, 0.6) is 5.75 Å². The summed E-state index contributed by atoms with van der Waals surface area (Å²) in [4.78, 5) is 12.2. The Kier molecular flexibility index (Phi) is 7.10. The maximum absolute atomic E-state index is 12.2. The van der Waals surface area contributed by atoms with Crippen LogP contribution in [-0.2, 0) is 14.8 Å². The number of ether oxygens (including phenoxy) is 1. The number of nitrogens with one attached hydrogen (secondary N) is 1. The average molecular weight is 411 g/mol. The summed E-state index contributed by atoms with van der Waals surface area (Å²) >= 11 is 5.92. The van der Waals surface area contributed by atoms with Gasteiger partial charge in [0, 0.05) is 5.02 Å². The normalized spacial score (nSPS) is 11.1. The fourth-order valence-corrected chi connectivity index (χ4v) is 3.46. The van der Waals surface area contributed by atoms with Crippen LogP contribution in [-0.4, -0.2) is 40.3 Å². The Morgan fingerprint density at radius 3 is 2.59 bits per heavy atom. The van der Waals surface area contributed by atoms with Gasteiger partial charge >= 0.3 is 0 Å². The molecule has 146 valence electrons. The highest BCUT2D eigenvalue weighted by Crippen LogP contribution is 2.21. The summed E-state index contributed by atoms with van der Waals surface area (Å²) in [5.74, 6) is 0.339. The Labute approximate surface area is 165 Å². The summed E-state index contributed by atoms with van der Waals surface area (Å²) in [6.45, 7) is 4.14. The molecule has 1 N–H and O–H groups in total. The van der Waals surface area contributed by atoms with Crippen molar-refractivity contribution < 1.29 is 17.9 Å². The number of anilines is 1. The van der Waals surface area contributed by atoms with Gasteiger partial charge in [-0.1, -0.05) is 29.8 Å². The molecule has 2 rings (SSSR count). The Morgan fingerprint density at radius 2 is 1.93 bits per heavy atom. The van der Waals surface area contributed by atoms with Crippen molar-refractivity contribution in [2.75, 3.05) is 30.3 Å². The molecule has 0 radical (unpaired) electrons. The first kappa shape index (κ1) is 21.1. The van der Waals surface area contributed by atoms with E-state index in [-0.39, 0.29) is 19.7 Å². The SMILES string of the molecule is Cc1ccc(C)c(OCCNC(=O)CN(c2cccc(Cl)c2)S(C)(=O)=O)c1. The van der Waals surface area contributed by atoms with Crippen molar-refractivity contribution in [3.8, 4) is 5.75 Å². The van der Waals surface area contributed by atoms with Crippen molar-refractivity contribution in [1.82, 2.24) is 5.32 Å². The smallest absolute Gasteiger partial charge is 0.240 e. The molecule has 0 atom stereocenters. The van der Waals surface area contributed by atoms with Crippen molar-refractivity contribution in [1.29, 1.82) is 0 Å². The zero-order valence-corrected chi connectivity index (χ0v) is 17.1. The zero-order valence-electron chi connectivity index (χ0n) is 15.5. The molecule has 2 aromatic carbocycles. The molecule has 0 saturated heterocycles. The predicted octanol–water partition coefficient (Wildman–Crippen LogP) is 2.92. The van der Waals surface area contributed by atoms with Crippen LogP contribution in [0.1, 0.15) is 11.1 Å². The van der Waals surface area contributed by atoms with Crippen LogP contribution < -0.4 is 14.4 Å². The van der Waals surface area contributed by atoms with Gasteiger partial charge in [-0.05, 0) is 49.2 Å². The summed E-state index contributed by atoms with van der Waals surface area (Å²) in [5, 5.41) is 3.06. The van der Waals surface area contributed by atoms with Crippen molar-refractivity contribution in [2.45, 2.75) is 13.8 Å². The van der Waals surface area contributed by atoms with Crippen LogP contribution in [0.2, 0.25) is 5.02 Å². The Morgan fingerprint density at radius 1 is 1.19 bits per heavy atom. The second-order valence-electron chi connectivity index (χ2n) is 6.22. The van der Waals surface area contributed by atoms with Gasteiger partial charge in [-0.25, -0.2) is 8.42 Å². The third-order valence-electron chi connectivity index (χ3n) is 3.81. The minimum Gasteiger partial charge on any atom is -0.491 e. The second-order valence-corrected chi connectivity index (χ2v) is 8.56. The first-order valence-electron chi connectivity index (χ1n) is 8.37. The lowest BCUT2D eigenvalue weighted by molar-refractivity contribution is -0.119. The monoisotopic (exact) mass is 410 g/mol. The largest absolute Gasteiger partial charge is 0.491 e. The van der Waals surface area contributed by atoms with Gasteiger partial charge in [-0.15, -0.1) is 0 Å². The van der Waals surface area contributed by atoms with E-state index in [0.29, 0.717) is 10.7 Å². The molecule has 1 amide bonds. The van der Waals surface area contributed by atoms with Gasteiger partial charge in [0.15, 0.2) is 0 Å². The molecule has 0 fully saturated rings. The summed E-state index contributed by atoms with van der Waals surface area (Å²) in [5.41, 5.74) is 2.44. The van der Waals surface area contributed by atoms with E-state index in [1.807, 2.05) is 32.0 Å². The molecular formula is C19H23ClN2O4S. The molecule has 0 unspecified atom stereocenters. The first-order chi connectivity index (χ1) is 12.7. The van der Waals surface area contributed by atoms with E-state index >= 15 is 0 Å². The van der Waals surface area contributed by atoms with Crippen molar-refractivity contribution in [3.63, 3.8) is 0 Å². The fraction of sp³-hybridized carbons (Fsp3) is 0.316. The lowest BCUT2D eigenvalue weighted by atomic mass is 10.1. The van der Waals surface area contributed by atoms with Gasteiger partial charge in [0.05, 0.1) is 18.5 Å². The quantitative estimate of drug-likeness (QED) is 0.679. The topological polar surface area (TPSA) is 75.7 Å². The number of rotatable bonds is 8. The molecule has 0 heterocycles. The Balaban J connectivity index is 1.91. The maximum atomic E-state index is 12.2. The van der Waals surface area contributed by atoms with Crippen molar-refractivity contribution in [2.24, 2.45) is 0 Å². The minimum absolute atomic E-state index is 0.263. The molecule has 0 spiro atoms. The van der Waals surface area contributed by atoms with Crippen LogP contribution >= 0.6 is 11.6 Å². The molecule has 0 aliphatic carbocycles. The molecule has 6 nitrogen and oxygen atoms in total. The Hall–Kier alpha value is -2.25. The molecule has 0 bridgehead atoms. The number of benzene rings is 2. The van der Waals surface area contributed by atoms with Crippen LogP contribution in [0.15, 0.2) is 42.5 Å². The zero-order chi connectivity index (χ0) is 20.0. The van der Waals surface area contributed by atoms with Gasteiger partial charge in [0.25, 0.3) is 0 Å². The first-order valence-corrected chi connectivity index (χ1v) is 10.6. The highest BCUT2D eigenvalue weighted by Gasteiger charge is 2.20. The average Bonchev–Trinajstić information content (AvgIpc) is 2.58. The number of hydrogen-bond donors (Lipinski definition) is 1. The highest BCUT2D eigenvalue weighted by atomic mass is 35.5. The number of amides is 1. The number of aryl methyl sites for hydroxylation is 2. The van der Waals surface area contributed by atoms with Crippen molar-refractivity contribution in [3.05, 3.63) is 58.6 Å². The minimum atomic E-state index is -3.63. The highest BCUT2D eigenvalue weighted by molar-refractivity contribution is 7.92. The van der Waals surface area contributed by atoms with E-state index in [0.717, 1.165) is 27.4 Å². The number of carbonyl (C=O) groups excluding carboxylic acids is 1. The molecular weight excluding hydrogens is 388 g/mol. The second kappa shape index (κ2) is 9.10. The Bertz CT molecular complexity index is 916. The van der Waals surface area contributed by atoms with Gasteiger partial charge in [0.2, 0.25) is 15.9 Å². The lowest BCUT2D eigenvalue weighted by Gasteiger charge is -2.22. The predicted molar refractivity (Wildman–Crippen MR) is 108 cm³/mol. The molecule has 0 aliphatic heterocycles. The van der Waals surface area contributed by atoms with Crippen molar-refractivity contribution >= 4 is 33.2 Å². The third kappa shape index (κ3) is 6.45. The fourth-order valence-electron chi connectivity index (χ4n) is 2.43. The molecule has 8 heteroatoms. The summed E-state index contributed by atoms with van der Waals surface area (Å²) in [6, 6.07) is 12.3. The van der Waals surface area contributed by atoms with E-state index in [4.69, 9.17) is 16.3 Å². The molecule has 2 aromatic rings. The summed E-state index contributed by atoms with van der Waals surface area (Å²) in [7, 11) is -3.63. The molecule has 0 aliphatic rings. The maximum Gasteiger partial charge on any atom is 0.240 e. The standard InChI is InChI=1S/C19H23ClN2O4S/c1-14-7-8-15(2)18(11-14)26-10-9-21-19(23)13-22(27(3,24)25)17-6-4-5-16(20)12-17/h4-8,11-12H,9-10,13H2,1-3H3,(H,21,23). The van der Waals surface area contributed by atoms with E-state index in [1.165, 1.54) is 6.07 Å². The van der Waals surface area contributed by atoms with Crippen LogP contribution in [0.4, 0.5) is 5.69 Å².